The van der Waals surface area contributed by atoms with Gasteiger partial charge >= 0.3 is 0 Å². The van der Waals surface area contributed by atoms with Crippen LogP contribution in [0.15, 0.2) is 24.8 Å². The fraction of sp³-hybridized carbons (Fsp3) is 0.471. The van der Waals surface area contributed by atoms with Crippen LogP contribution in [0.1, 0.15) is 60.5 Å². The average molecular weight is 339 g/mol. The van der Waals surface area contributed by atoms with Crippen LogP contribution in [0.25, 0.3) is 5.78 Å². The number of nitrogens with one attached hydrogen (secondary N) is 1. The monoisotopic (exact) mass is 339 g/mol. The van der Waals surface area contributed by atoms with E-state index in [1.54, 1.807) is 10.7 Å². The van der Waals surface area contributed by atoms with Crippen molar-refractivity contribution in [1.29, 1.82) is 0 Å². The second-order valence-electron chi connectivity index (χ2n) is 6.76. The first-order valence-corrected chi connectivity index (χ1v) is 8.62. The number of rotatable bonds is 3. The highest BCUT2D eigenvalue weighted by molar-refractivity contribution is 5.93. The Labute approximate surface area is 145 Å². The van der Waals surface area contributed by atoms with Gasteiger partial charge in [0.05, 0.1) is 5.69 Å². The predicted octanol–water partition coefficient (Wildman–Crippen LogP) is 1.99. The summed E-state index contributed by atoms with van der Waals surface area (Å²) in [5, 5.41) is 4.20. The molecule has 0 radical (unpaired) electrons. The Balaban J connectivity index is 1.63. The van der Waals surface area contributed by atoms with Gasteiger partial charge in [-0.05, 0) is 24.8 Å². The van der Waals surface area contributed by atoms with Crippen LogP contribution in [0, 0.1) is 0 Å². The van der Waals surface area contributed by atoms with E-state index in [4.69, 9.17) is 0 Å². The molecule has 1 aliphatic rings. The molecule has 1 saturated heterocycles. The number of fused-ring (bicyclic) bond motifs is 1. The molecule has 1 fully saturated rings. The quantitative estimate of drug-likeness (QED) is 0.788. The average Bonchev–Trinajstić information content (AvgIpc) is 3.31. The Morgan fingerprint density at radius 2 is 2.24 bits per heavy atom. The number of carbonyl (C=O) groups excluding carboxylic acids is 1. The van der Waals surface area contributed by atoms with Crippen molar-refractivity contribution in [2.24, 2.45) is 0 Å². The summed E-state index contributed by atoms with van der Waals surface area (Å²) < 4.78 is 1.70. The third kappa shape index (κ3) is 2.88. The number of amides is 1. The van der Waals surface area contributed by atoms with Gasteiger partial charge in [-0.1, -0.05) is 13.8 Å². The number of aromatic amines is 1. The van der Waals surface area contributed by atoms with E-state index >= 15 is 0 Å². The maximum Gasteiger partial charge on any atom is 0.272 e. The number of piperidine rings is 1. The number of carbonyl (C=O) groups is 1. The Bertz CT molecular complexity index is 884. The minimum Gasteiger partial charge on any atom is -0.348 e. The molecule has 130 valence electrons. The summed E-state index contributed by atoms with van der Waals surface area (Å²) in [5.74, 6) is 1.82. The maximum atomic E-state index is 13.0. The van der Waals surface area contributed by atoms with Crippen LogP contribution in [0.4, 0.5) is 0 Å². The van der Waals surface area contributed by atoms with Gasteiger partial charge in [-0.25, -0.2) is 14.5 Å². The van der Waals surface area contributed by atoms with Crippen molar-refractivity contribution >= 4 is 11.7 Å². The summed E-state index contributed by atoms with van der Waals surface area (Å²) in [6.45, 7) is 5.53. The van der Waals surface area contributed by atoms with Crippen LogP contribution in [-0.2, 0) is 0 Å². The molecule has 0 unspecified atom stereocenters. The van der Waals surface area contributed by atoms with Gasteiger partial charge < -0.3 is 9.88 Å². The van der Waals surface area contributed by atoms with E-state index in [2.05, 4.69) is 38.9 Å². The lowest BCUT2D eigenvalue weighted by molar-refractivity contribution is 0.0698. The first-order valence-electron chi connectivity index (χ1n) is 8.62. The van der Waals surface area contributed by atoms with Crippen molar-refractivity contribution in [3.05, 3.63) is 42.0 Å². The van der Waals surface area contributed by atoms with Crippen molar-refractivity contribution in [3.63, 3.8) is 0 Å². The zero-order chi connectivity index (χ0) is 17.4. The summed E-state index contributed by atoms with van der Waals surface area (Å²) in [6, 6.07) is 1.84. The molecule has 4 heterocycles. The molecule has 0 aliphatic carbocycles. The minimum absolute atomic E-state index is 0.0522. The SMILES string of the molecule is CC(C)c1cc(C(=O)N2CCC[C@H](c3ncc[nH]3)C2)nc2ncnn12. The van der Waals surface area contributed by atoms with Gasteiger partial charge in [-0.2, -0.15) is 10.1 Å². The van der Waals surface area contributed by atoms with Crippen molar-refractivity contribution in [2.45, 2.75) is 38.5 Å². The van der Waals surface area contributed by atoms with Gasteiger partial charge in [0.2, 0.25) is 0 Å². The highest BCUT2D eigenvalue weighted by Gasteiger charge is 2.28. The molecule has 1 aliphatic heterocycles. The number of imidazole rings is 1. The fourth-order valence-electron chi connectivity index (χ4n) is 3.40. The molecular weight excluding hydrogens is 318 g/mol. The predicted molar refractivity (Wildman–Crippen MR) is 91.3 cm³/mol. The molecule has 3 aromatic rings. The molecule has 1 atom stereocenters. The zero-order valence-corrected chi connectivity index (χ0v) is 14.4. The van der Waals surface area contributed by atoms with E-state index in [0.717, 1.165) is 30.9 Å². The van der Waals surface area contributed by atoms with Gasteiger partial charge in [0, 0.05) is 31.4 Å². The first-order chi connectivity index (χ1) is 12.1. The van der Waals surface area contributed by atoms with E-state index in [-0.39, 0.29) is 17.7 Å². The second kappa shape index (κ2) is 6.27. The highest BCUT2D eigenvalue weighted by Crippen LogP contribution is 2.25. The van der Waals surface area contributed by atoms with Crippen molar-refractivity contribution < 1.29 is 4.79 Å². The molecule has 1 N–H and O–H groups in total. The highest BCUT2D eigenvalue weighted by atomic mass is 16.2. The summed E-state index contributed by atoms with van der Waals surface area (Å²) in [7, 11) is 0. The van der Waals surface area contributed by atoms with E-state index in [0.29, 0.717) is 18.0 Å². The van der Waals surface area contributed by atoms with Crippen LogP contribution < -0.4 is 0 Å². The Morgan fingerprint density at radius 1 is 1.36 bits per heavy atom. The molecule has 3 aromatic heterocycles. The number of aromatic nitrogens is 6. The van der Waals surface area contributed by atoms with E-state index in [1.165, 1.54) is 6.33 Å². The van der Waals surface area contributed by atoms with Crippen LogP contribution in [0.3, 0.4) is 0 Å². The van der Waals surface area contributed by atoms with Crippen molar-refractivity contribution in [2.75, 3.05) is 13.1 Å². The lowest BCUT2D eigenvalue weighted by atomic mass is 9.97. The molecule has 8 nitrogen and oxygen atoms in total. The molecular formula is C17H21N7O. The second-order valence-corrected chi connectivity index (χ2v) is 6.76. The van der Waals surface area contributed by atoms with E-state index in [9.17, 15) is 4.79 Å². The molecule has 25 heavy (non-hydrogen) atoms. The summed E-state index contributed by atoms with van der Waals surface area (Å²) in [6.07, 6.45) is 7.04. The normalized spacial score (nSPS) is 18.2. The molecule has 1 amide bonds. The van der Waals surface area contributed by atoms with Gasteiger partial charge in [-0.15, -0.1) is 0 Å². The summed E-state index contributed by atoms with van der Waals surface area (Å²) in [4.78, 5) is 31.0. The standard InChI is InChI=1S/C17H21N7O/c1-11(2)14-8-13(22-17-20-10-21-24(14)17)16(25)23-7-3-4-12(9-23)15-18-5-6-19-15/h5-6,8,10-12H,3-4,7,9H2,1-2H3,(H,18,19)/t12-/m0/s1. The smallest absolute Gasteiger partial charge is 0.272 e. The number of nitrogens with zero attached hydrogens (tertiary/aromatic N) is 6. The van der Waals surface area contributed by atoms with Crippen molar-refractivity contribution in [1.82, 2.24) is 34.4 Å². The first kappa shape index (κ1) is 15.7. The van der Waals surface area contributed by atoms with E-state index < -0.39 is 0 Å². The molecule has 4 rings (SSSR count). The Hall–Kier alpha value is -2.77. The zero-order valence-electron chi connectivity index (χ0n) is 14.4. The number of hydrogen-bond donors (Lipinski definition) is 1. The maximum absolute atomic E-state index is 13.0. The third-order valence-corrected chi connectivity index (χ3v) is 4.70. The molecule has 0 aromatic carbocycles. The molecule has 0 bridgehead atoms. The van der Waals surface area contributed by atoms with Gasteiger partial charge in [0.1, 0.15) is 17.8 Å². The number of hydrogen-bond acceptors (Lipinski definition) is 5. The Morgan fingerprint density at radius 3 is 3.00 bits per heavy atom. The summed E-state index contributed by atoms with van der Waals surface area (Å²) >= 11 is 0. The minimum atomic E-state index is -0.0522. The fourth-order valence-corrected chi connectivity index (χ4v) is 3.40. The summed E-state index contributed by atoms with van der Waals surface area (Å²) in [5.41, 5.74) is 1.37. The lowest BCUT2D eigenvalue weighted by Crippen LogP contribution is -2.39. The van der Waals surface area contributed by atoms with Gasteiger partial charge in [-0.3, -0.25) is 4.79 Å². The van der Waals surface area contributed by atoms with Gasteiger partial charge in [0.15, 0.2) is 0 Å². The van der Waals surface area contributed by atoms with Crippen LogP contribution in [-0.4, -0.2) is 53.4 Å². The number of likely N-dealkylation sites (tertiary alicyclic amines) is 1. The lowest BCUT2D eigenvalue weighted by Gasteiger charge is -2.31. The topological polar surface area (TPSA) is 92.1 Å². The largest absolute Gasteiger partial charge is 0.348 e. The third-order valence-electron chi connectivity index (χ3n) is 4.70. The number of H-pyrrole nitrogens is 1. The van der Waals surface area contributed by atoms with Crippen LogP contribution in [0.5, 0.6) is 0 Å². The van der Waals surface area contributed by atoms with Crippen molar-refractivity contribution in [3.8, 4) is 0 Å². The molecule has 0 spiro atoms. The Kier molecular flexibility index (Phi) is 3.95. The van der Waals surface area contributed by atoms with E-state index in [1.807, 2.05) is 17.2 Å². The molecule has 0 saturated carbocycles. The van der Waals surface area contributed by atoms with Gasteiger partial charge in [0.25, 0.3) is 11.7 Å². The molecule has 8 heteroatoms. The van der Waals surface area contributed by atoms with Crippen LogP contribution in [0.2, 0.25) is 0 Å². The van der Waals surface area contributed by atoms with Crippen LogP contribution >= 0.6 is 0 Å².